The lowest BCUT2D eigenvalue weighted by Crippen LogP contribution is -2.45. The number of carbonyl (C=O) groups is 2. The number of tetrazole rings is 1. The number of nitrogens with one attached hydrogen (secondary N) is 2. The van der Waals surface area contributed by atoms with Crippen LogP contribution in [0.3, 0.4) is 0 Å². The molecule has 10 nitrogen and oxygen atoms in total. The number of thiophene rings is 2. The van der Waals surface area contributed by atoms with Gasteiger partial charge >= 0.3 is 0 Å². The first-order chi connectivity index (χ1) is 16.9. The minimum Gasteiger partial charge on any atom is -0.365 e. The van der Waals surface area contributed by atoms with Crippen LogP contribution in [0.25, 0.3) is 0 Å². The van der Waals surface area contributed by atoms with Gasteiger partial charge in [-0.2, -0.15) is 10.5 Å². The largest absolute Gasteiger partial charge is 0.365 e. The molecule has 182 valence electrons. The maximum absolute atomic E-state index is 12.8. The van der Waals surface area contributed by atoms with Gasteiger partial charge in [0.05, 0.1) is 17.5 Å². The van der Waals surface area contributed by atoms with Crippen LogP contribution in [0.4, 0.5) is 0 Å². The van der Waals surface area contributed by atoms with Crippen molar-refractivity contribution in [3.63, 3.8) is 0 Å². The summed E-state index contributed by atoms with van der Waals surface area (Å²) in [6, 6.07) is 5.80. The zero-order valence-corrected chi connectivity index (χ0v) is 20.9. The molecule has 3 aromatic rings. The standard InChI is InChI=1S/C23H26N8O2S2/c1-13(26-12-18(32)31-7-2-3-16(31)11-24)10-23(22-27-29-30-28-22)19-14(6-8-34-19)4-5-15-9-17(21(25)33)35-20(15)23/h6,8-9,13,16,26H,2-5,7,10,12H2,1H3,(H2,25,33)(H,27,28,29,30)/t13-,16?,23?/m1/s1. The number of primary amides is 1. The van der Waals surface area contributed by atoms with Crippen LogP contribution >= 0.6 is 22.7 Å². The highest BCUT2D eigenvalue weighted by Gasteiger charge is 2.48. The Kier molecular flexibility index (Phi) is 6.39. The van der Waals surface area contributed by atoms with E-state index in [-0.39, 0.29) is 24.5 Å². The number of likely N-dealkylation sites (tertiary alicyclic amines) is 1. The summed E-state index contributed by atoms with van der Waals surface area (Å²) in [6.45, 7) is 2.79. The maximum atomic E-state index is 12.8. The van der Waals surface area contributed by atoms with Crippen LogP contribution in [0.15, 0.2) is 17.5 Å². The number of nitrogens with two attached hydrogens (primary N) is 1. The third-order valence-corrected chi connectivity index (χ3v) is 9.37. The van der Waals surface area contributed by atoms with E-state index >= 15 is 0 Å². The van der Waals surface area contributed by atoms with Crippen LogP contribution in [0.5, 0.6) is 0 Å². The third-order valence-electron chi connectivity index (χ3n) is 6.90. The molecule has 2 aliphatic rings. The average Bonchev–Trinajstić information content (AvgIpc) is 3.65. The Balaban J connectivity index is 1.50. The van der Waals surface area contributed by atoms with E-state index in [4.69, 9.17) is 5.73 Å². The molecule has 35 heavy (non-hydrogen) atoms. The van der Waals surface area contributed by atoms with Crippen LogP contribution in [0.2, 0.25) is 0 Å². The van der Waals surface area contributed by atoms with Gasteiger partial charge in [-0.25, -0.2) is 0 Å². The zero-order valence-electron chi connectivity index (χ0n) is 19.3. The summed E-state index contributed by atoms with van der Waals surface area (Å²) in [5.74, 6) is 0.0113. The Morgan fingerprint density at radius 2 is 2.23 bits per heavy atom. The number of nitrogens with zero attached hydrogens (tertiary/aromatic N) is 5. The molecule has 0 radical (unpaired) electrons. The molecule has 2 amide bonds. The molecule has 4 heterocycles. The minimum absolute atomic E-state index is 0.0694. The number of hydrogen-bond donors (Lipinski definition) is 3. The second-order valence-corrected chi connectivity index (χ2v) is 11.1. The number of hydrogen-bond acceptors (Lipinski definition) is 9. The summed E-state index contributed by atoms with van der Waals surface area (Å²) in [5.41, 5.74) is 7.21. The maximum Gasteiger partial charge on any atom is 0.258 e. The van der Waals surface area contributed by atoms with Crippen molar-refractivity contribution >= 4 is 34.5 Å². The van der Waals surface area contributed by atoms with E-state index < -0.39 is 11.3 Å². The topological polar surface area (TPSA) is 154 Å². The van der Waals surface area contributed by atoms with Gasteiger partial charge in [0.25, 0.3) is 5.91 Å². The highest BCUT2D eigenvalue weighted by atomic mass is 32.1. The highest BCUT2D eigenvalue weighted by molar-refractivity contribution is 7.15. The molecule has 1 aliphatic heterocycles. The molecule has 1 fully saturated rings. The van der Waals surface area contributed by atoms with Crippen LogP contribution in [0, 0.1) is 11.3 Å². The average molecular weight is 511 g/mol. The molecule has 4 N–H and O–H groups in total. The smallest absolute Gasteiger partial charge is 0.258 e. The number of aromatic amines is 1. The normalized spacial score (nSPS) is 22.2. The van der Waals surface area contributed by atoms with Gasteiger partial charge in [0.2, 0.25) is 5.91 Å². The van der Waals surface area contributed by atoms with Crippen LogP contribution < -0.4 is 11.1 Å². The van der Waals surface area contributed by atoms with E-state index in [1.54, 1.807) is 16.2 Å². The lowest BCUT2D eigenvalue weighted by atomic mass is 9.76. The van der Waals surface area contributed by atoms with Gasteiger partial charge in [-0.3, -0.25) is 9.59 Å². The van der Waals surface area contributed by atoms with Crippen LogP contribution in [-0.2, 0) is 23.1 Å². The zero-order chi connectivity index (χ0) is 24.6. The molecule has 1 saturated heterocycles. The van der Waals surface area contributed by atoms with E-state index in [0.29, 0.717) is 23.7 Å². The first kappa shape index (κ1) is 23.6. The van der Waals surface area contributed by atoms with Crippen molar-refractivity contribution in [3.05, 3.63) is 49.1 Å². The summed E-state index contributed by atoms with van der Waals surface area (Å²) < 4.78 is 0. The number of H-pyrrole nitrogens is 1. The Morgan fingerprint density at radius 3 is 2.97 bits per heavy atom. The van der Waals surface area contributed by atoms with Crippen LogP contribution in [0.1, 0.15) is 62.6 Å². The minimum atomic E-state index is -0.737. The fraction of sp³-hybridized carbons (Fsp3) is 0.478. The van der Waals surface area contributed by atoms with E-state index in [2.05, 4.69) is 43.5 Å². The fourth-order valence-electron chi connectivity index (χ4n) is 5.29. The lowest BCUT2D eigenvalue weighted by molar-refractivity contribution is -0.130. The Morgan fingerprint density at radius 1 is 1.40 bits per heavy atom. The number of nitriles is 1. The molecule has 3 aromatic heterocycles. The number of aromatic nitrogens is 4. The van der Waals surface area contributed by atoms with Gasteiger partial charge in [-0.1, -0.05) is 5.21 Å². The number of carbonyl (C=O) groups excluding carboxylic acids is 2. The fourth-order valence-corrected chi connectivity index (χ4v) is 7.79. The summed E-state index contributed by atoms with van der Waals surface area (Å²) in [4.78, 5) is 29.2. The predicted molar refractivity (Wildman–Crippen MR) is 131 cm³/mol. The van der Waals surface area contributed by atoms with Gasteiger partial charge in [-0.15, -0.1) is 32.9 Å². The summed E-state index contributed by atoms with van der Waals surface area (Å²) in [7, 11) is 0. The quantitative estimate of drug-likeness (QED) is 0.437. The van der Waals surface area contributed by atoms with Crippen molar-refractivity contribution in [2.75, 3.05) is 13.1 Å². The lowest BCUT2D eigenvalue weighted by Gasteiger charge is -2.33. The van der Waals surface area contributed by atoms with E-state index in [1.165, 1.54) is 16.9 Å². The van der Waals surface area contributed by atoms with Gasteiger partial charge in [0.15, 0.2) is 5.82 Å². The monoisotopic (exact) mass is 510 g/mol. The molecule has 0 spiro atoms. The summed E-state index contributed by atoms with van der Waals surface area (Å²) >= 11 is 3.04. The summed E-state index contributed by atoms with van der Waals surface area (Å²) in [6.07, 6.45) is 3.76. The first-order valence-corrected chi connectivity index (χ1v) is 13.3. The molecule has 0 saturated carbocycles. The van der Waals surface area contributed by atoms with Crippen molar-refractivity contribution in [1.29, 1.82) is 5.26 Å². The van der Waals surface area contributed by atoms with Crippen LogP contribution in [-0.4, -0.2) is 62.5 Å². The van der Waals surface area contributed by atoms with E-state index in [1.807, 2.05) is 13.0 Å². The summed E-state index contributed by atoms with van der Waals surface area (Å²) in [5, 5.41) is 30.1. The van der Waals surface area contributed by atoms with E-state index in [9.17, 15) is 14.9 Å². The third kappa shape index (κ3) is 4.13. The molecule has 3 atom stereocenters. The molecule has 12 heteroatoms. The van der Waals surface area contributed by atoms with Crippen molar-refractivity contribution in [2.24, 2.45) is 5.73 Å². The van der Waals surface area contributed by atoms with Crippen molar-refractivity contribution in [1.82, 2.24) is 30.8 Å². The molecule has 0 bridgehead atoms. The Labute approximate surface area is 210 Å². The van der Waals surface area contributed by atoms with Gasteiger partial charge in [0, 0.05) is 22.3 Å². The number of fused-ring (bicyclic) bond motifs is 2. The first-order valence-electron chi connectivity index (χ1n) is 11.6. The SMILES string of the molecule is C[C@H](CC1(c2nn[nH]n2)c2sccc2CCc2cc(C(N)=O)sc21)NCC(=O)N1CCCC1C#N. The second kappa shape index (κ2) is 9.49. The Bertz CT molecular complexity index is 1280. The van der Waals surface area contributed by atoms with Gasteiger partial charge in [0.1, 0.15) is 11.5 Å². The molecular weight excluding hydrogens is 484 g/mol. The van der Waals surface area contributed by atoms with Crippen molar-refractivity contribution in [2.45, 2.75) is 56.5 Å². The molecule has 0 aromatic carbocycles. The number of rotatable bonds is 7. The van der Waals surface area contributed by atoms with Crippen molar-refractivity contribution < 1.29 is 9.59 Å². The van der Waals surface area contributed by atoms with Gasteiger partial charge < -0.3 is 16.0 Å². The molecule has 1 aliphatic carbocycles. The Hall–Kier alpha value is -3.14. The molecular formula is C23H26N8O2S2. The van der Waals surface area contributed by atoms with Gasteiger partial charge in [-0.05, 0) is 67.7 Å². The second-order valence-electron chi connectivity index (χ2n) is 9.11. The number of aryl methyl sites for hydroxylation is 2. The predicted octanol–water partition coefficient (Wildman–Crippen LogP) is 1.74. The van der Waals surface area contributed by atoms with E-state index in [0.717, 1.165) is 41.0 Å². The van der Waals surface area contributed by atoms with Crippen molar-refractivity contribution in [3.8, 4) is 6.07 Å². The molecule has 5 rings (SSSR count). The highest BCUT2D eigenvalue weighted by Crippen LogP contribution is 2.51. The number of amides is 2. The molecule has 2 unspecified atom stereocenters.